The summed E-state index contributed by atoms with van der Waals surface area (Å²) in [5, 5.41) is 6.28. The third-order valence-corrected chi connectivity index (χ3v) is 13.5. The van der Waals surface area contributed by atoms with Crippen LogP contribution in [0.15, 0.2) is 72.8 Å². The number of nitrogens with zero attached hydrogens (tertiary/aromatic N) is 1. The van der Waals surface area contributed by atoms with E-state index in [1.165, 1.54) is 15.9 Å². The Hall–Kier alpha value is -1.60. The summed E-state index contributed by atoms with van der Waals surface area (Å²) in [5.41, 5.74) is -12.4. The Labute approximate surface area is 249 Å². The first-order valence-corrected chi connectivity index (χ1v) is 17.3. The molecule has 0 saturated heterocycles. The Balaban J connectivity index is 0.000000337. The van der Waals surface area contributed by atoms with Gasteiger partial charge in [0.2, 0.25) is 0 Å². The standard InChI is InChI=1S/C22H21Cl3P.C2F6NO4S2/c1-2-3-16-26(20-10-4-17(23)5-11-20,21-12-6-18(24)7-13-21)22-14-8-19(25)9-15-22;3-1(4,5)14(10,11)9-15(12,13)2(6,7)8/h4-15H,2-3,16H2,1H3;/q+1;-1. The van der Waals surface area contributed by atoms with Crippen molar-refractivity contribution in [2.75, 3.05) is 6.16 Å². The SMILES string of the molecule is CCCC[P+](c1ccc(Cl)cc1)(c1ccc(Cl)cc1)c1ccc(Cl)cc1.O=S(=O)([N-]S(=O)(=O)C(F)(F)F)C(F)(F)F. The molecular weight excluding hydrogens is 682 g/mol. The molecule has 0 heterocycles. The van der Waals surface area contributed by atoms with Crippen LogP contribution in [-0.4, -0.2) is 34.0 Å². The van der Waals surface area contributed by atoms with Gasteiger partial charge < -0.3 is 4.13 Å². The van der Waals surface area contributed by atoms with Gasteiger partial charge in [-0.05, 0) is 79.2 Å². The minimum Gasteiger partial charge on any atom is -0.421 e. The summed E-state index contributed by atoms with van der Waals surface area (Å²) >= 11 is 18.5. The fraction of sp³-hybridized carbons (Fsp3) is 0.250. The van der Waals surface area contributed by atoms with E-state index in [2.05, 4.69) is 43.3 Å². The van der Waals surface area contributed by atoms with Gasteiger partial charge in [-0.1, -0.05) is 48.1 Å². The van der Waals surface area contributed by atoms with E-state index in [1.807, 2.05) is 36.4 Å². The predicted octanol–water partition coefficient (Wildman–Crippen LogP) is 7.80. The smallest absolute Gasteiger partial charge is 0.421 e. The molecule has 0 aliphatic carbocycles. The van der Waals surface area contributed by atoms with Crippen molar-refractivity contribution in [1.29, 1.82) is 0 Å². The van der Waals surface area contributed by atoms with Gasteiger partial charge in [-0.3, -0.25) is 0 Å². The van der Waals surface area contributed by atoms with Crippen LogP contribution < -0.4 is 15.9 Å². The molecule has 0 radical (unpaired) electrons. The third kappa shape index (κ3) is 8.95. The second-order valence-corrected chi connectivity index (χ2v) is 16.6. The normalized spacial score (nSPS) is 12.9. The molecular formula is C24H21Cl3F6NO4PS2. The molecule has 0 atom stereocenters. The van der Waals surface area contributed by atoms with E-state index in [0.29, 0.717) is 0 Å². The van der Waals surface area contributed by atoms with Gasteiger partial charge in [0.05, 0.1) is 6.16 Å². The van der Waals surface area contributed by atoms with Gasteiger partial charge in [0.1, 0.15) is 23.2 Å². The van der Waals surface area contributed by atoms with Gasteiger partial charge in [0, 0.05) is 15.1 Å². The van der Waals surface area contributed by atoms with Gasteiger partial charge in [-0.25, -0.2) is 16.8 Å². The maximum Gasteiger partial charge on any atom is 0.480 e. The molecule has 0 unspecified atom stereocenters. The van der Waals surface area contributed by atoms with Crippen molar-refractivity contribution in [2.24, 2.45) is 0 Å². The number of rotatable bonds is 8. The van der Waals surface area contributed by atoms with E-state index >= 15 is 0 Å². The van der Waals surface area contributed by atoms with Crippen LogP contribution in [0.25, 0.3) is 4.13 Å². The fourth-order valence-corrected chi connectivity index (χ4v) is 10.1. The van der Waals surface area contributed by atoms with Crippen LogP contribution in [0.5, 0.6) is 0 Å². The molecule has 0 spiro atoms. The molecule has 3 aromatic carbocycles. The van der Waals surface area contributed by atoms with Gasteiger partial charge in [0.15, 0.2) is 20.0 Å². The van der Waals surface area contributed by atoms with Crippen molar-refractivity contribution in [1.82, 2.24) is 0 Å². The van der Waals surface area contributed by atoms with Gasteiger partial charge in [0.25, 0.3) is 0 Å². The Morgan fingerprint density at radius 3 is 1.10 bits per heavy atom. The first-order valence-electron chi connectivity index (χ1n) is 11.3. The van der Waals surface area contributed by atoms with E-state index in [1.54, 1.807) is 0 Å². The van der Waals surface area contributed by atoms with Gasteiger partial charge >= 0.3 is 11.0 Å². The minimum atomic E-state index is -6.72. The van der Waals surface area contributed by atoms with Crippen LogP contribution >= 0.6 is 42.1 Å². The van der Waals surface area contributed by atoms with Crippen LogP contribution in [0.1, 0.15) is 19.8 Å². The van der Waals surface area contributed by atoms with E-state index in [0.717, 1.165) is 38.2 Å². The Bertz CT molecular complexity index is 1370. The lowest BCUT2D eigenvalue weighted by molar-refractivity contribution is -0.0444. The highest BCUT2D eigenvalue weighted by molar-refractivity contribution is 8.13. The Morgan fingerprint density at radius 1 is 0.610 bits per heavy atom. The topological polar surface area (TPSA) is 82.4 Å². The van der Waals surface area contributed by atoms with E-state index in [9.17, 15) is 43.2 Å². The summed E-state index contributed by atoms with van der Waals surface area (Å²) in [5.74, 6) is 0. The zero-order valence-corrected chi connectivity index (χ0v) is 25.6. The van der Waals surface area contributed by atoms with Crippen molar-refractivity contribution >= 4 is 78.0 Å². The zero-order valence-electron chi connectivity index (χ0n) is 20.8. The molecule has 5 nitrogen and oxygen atoms in total. The number of benzene rings is 3. The number of alkyl halides is 6. The maximum atomic E-state index is 11.4. The number of halogens is 9. The molecule has 17 heteroatoms. The summed E-state index contributed by atoms with van der Waals surface area (Å²) in [7, 11) is -15.2. The van der Waals surface area contributed by atoms with Crippen LogP contribution in [0.3, 0.4) is 0 Å². The first-order chi connectivity index (χ1) is 18.8. The minimum absolute atomic E-state index is 0.759. The molecule has 0 saturated carbocycles. The molecule has 226 valence electrons. The highest BCUT2D eigenvalue weighted by atomic mass is 35.5. The lowest BCUT2D eigenvalue weighted by Gasteiger charge is -2.27. The Kier molecular flexibility index (Phi) is 12.0. The Morgan fingerprint density at radius 2 is 0.878 bits per heavy atom. The molecule has 3 aromatic rings. The van der Waals surface area contributed by atoms with Crippen molar-refractivity contribution in [3.05, 3.63) is 92.0 Å². The van der Waals surface area contributed by atoms with Crippen LogP contribution in [0.4, 0.5) is 26.3 Å². The maximum absolute atomic E-state index is 11.4. The summed E-state index contributed by atoms with van der Waals surface area (Å²) in [6.45, 7) is 2.24. The van der Waals surface area contributed by atoms with E-state index in [4.69, 9.17) is 34.8 Å². The predicted molar refractivity (Wildman–Crippen MR) is 153 cm³/mol. The lowest BCUT2D eigenvalue weighted by Crippen LogP contribution is -2.33. The van der Waals surface area contributed by atoms with Crippen LogP contribution in [0, 0.1) is 0 Å². The number of sulfonamides is 2. The molecule has 0 aliphatic heterocycles. The largest absolute Gasteiger partial charge is 0.480 e. The second kappa shape index (κ2) is 13.8. The molecule has 0 aliphatic rings. The van der Waals surface area contributed by atoms with Crippen LogP contribution in [-0.2, 0) is 20.0 Å². The summed E-state index contributed by atoms with van der Waals surface area (Å²) < 4.78 is 109. The van der Waals surface area contributed by atoms with Crippen molar-refractivity contribution in [2.45, 2.75) is 30.8 Å². The zero-order chi connectivity index (χ0) is 31.3. The summed E-state index contributed by atoms with van der Waals surface area (Å²) in [4.78, 5) is 0. The van der Waals surface area contributed by atoms with Crippen molar-refractivity contribution in [3.8, 4) is 0 Å². The molecule has 0 amide bonds. The fourth-order valence-electron chi connectivity index (χ4n) is 3.53. The van der Waals surface area contributed by atoms with Gasteiger partial charge in [-0.2, -0.15) is 26.3 Å². The monoisotopic (exact) mass is 701 g/mol. The highest BCUT2D eigenvalue weighted by Crippen LogP contribution is 2.56. The average Bonchev–Trinajstić information content (AvgIpc) is 2.85. The average molecular weight is 703 g/mol. The van der Waals surface area contributed by atoms with E-state index < -0.39 is 38.3 Å². The lowest BCUT2D eigenvalue weighted by atomic mass is 10.3. The molecule has 0 fully saturated rings. The van der Waals surface area contributed by atoms with Crippen LogP contribution in [0.2, 0.25) is 15.1 Å². The number of unbranched alkanes of at least 4 members (excludes halogenated alkanes) is 1. The molecule has 41 heavy (non-hydrogen) atoms. The molecule has 0 bridgehead atoms. The third-order valence-electron chi connectivity index (χ3n) is 5.43. The number of hydrogen-bond donors (Lipinski definition) is 0. The second-order valence-electron chi connectivity index (χ2n) is 8.23. The summed E-state index contributed by atoms with van der Waals surface area (Å²) in [6.07, 6.45) is 3.41. The van der Waals surface area contributed by atoms with Crippen molar-refractivity contribution in [3.63, 3.8) is 0 Å². The number of hydrogen-bond acceptors (Lipinski definition) is 4. The first kappa shape index (κ1) is 35.6. The molecule has 3 rings (SSSR count). The van der Waals surface area contributed by atoms with Gasteiger partial charge in [-0.15, -0.1) is 0 Å². The molecule has 0 aromatic heterocycles. The molecule has 0 N–H and O–H groups in total. The highest BCUT2D eigenvalue weighted by Gasteiger charge is 2.47. The van der Waals surface area contributed by atoms with Crippen molar-refractivity contribution < 1.29 is 43.2 Å². The summed E-state index contributed by atoms with van der Waals surface area (Å²) in [6, 6.07) is 25.0. The quantitative estimate of drug-likeness (QED) is 0.177. The van der Waals surface area contributed by atoms with E-state index in [-0.39, 0.29) is 0 Å².